The van der Waals surface area contributed by atoms with Gasteiger partial charge < -0.3 is 14.2 Å². The van der Waals surface area contributed by atoms with Crippen LogP contribution in [-0.4, -0.2) is 25.5 Å². The van der Waals surface area contributed by atoms with Gasteiger partial charge >= 0.3 is 6.16 Å². The Morgan fingerprint density at radius 1 is 1.28 bits per heavy atom. The highest BCUT2D eigenvalue weighted by Gasteiger charge is 2.25. The fourth-order valence-electron chi connectivity index (χ4n) is 1.69. The van der Waals surface area contributed by atoms with Crippen molar-refractivity contribution in [2.75, 3.05) is 13.2 Å². The summed E-state index contributed by atoms with van der Waals surface area (Å²) in [6.07, 6.45) is -0.925. The van der Waals surface area contributed by atoms with Crippen molar-refractivity contribution in [3.63, 3.8) is 0 Å². The second-order valence-corrected chi connectivity index (χ2v) is 5.39. The van der Waals surface area contributed by atoms with Crippen LogP contribution in [0.1, 0.15) is 26.3 Å². The molecule has 4 heteroatoms. The molecule has 1 aliphatic heterocycles. The first-order valence-electron chi connectivity index (χ1n) is 6.02. The fourth-order valence-corrected chi connectivity index (χ4v) is 1.69. The number of ether oxygens (including phenoxy) is 3. The highest BCUT2D eigenvalue weighted by Crippen LogP contribution is 2.24. The monoisotopic (exact) mass is 250 g/mol. The highest BCUT2D eigenvalue weighted by atomic mass is 16.8. The molecule has 2 rings (SSSR count). The molecule has 0 radical (unpaired) electrons. The Balaban J connectivity index is 1.89. The molecule has 1 heterocycles. The minimum absolute atomic E-state index is 0.132. The predicted octanol–water partition coefficient (Wildman–Crippen LogP) is 2.90. The number of carbonyl (C=O) groups is 1. The molecule has 1 saturated heterocycles. The van der Waals surface area contributed by atoms with E-state index in [0.717, 1.165) is 5.75 Å². The van der Waals surface area contributed by atoms with Crippen LogP contribution in [0.2, 0.25) is 0 Å². The van der Waals surface area contributed by atoms with Crippen molar-refractivity contribution in [2.45, 2.75) is 32.3 Å². The number of rotatable bonds is 3. The van der Waals surface area contributed by atoms with Gasteiger partial charge in [-0.3, -0.25) is 0 Å². The standard InChI is InChI=1S/C14H18O4/c1-14(2,3)10-4-6-11(7-5-10)16-8-12-9-17-13(15)18-12/h4-7,12H,8-9H2,1-3H3. The van der Waals surface area contributed by atoms with E-state index in [4.69, 9.17) is 9.47 Å². The van der Waals surface area contributed by atoms with Crippen LogP contribution in [0.5, 0.6) is 5.75 Å². The van der Waals surface area contributed by atoms with Gasteiger partial charge in [-0.1, -0.05) is 32.9 Å². The topological polar surface area (TPSA) is 44.8 Å². The first kappa shape index (κ1) is 12.7. The molecule has 1 aromatic rings. The molecule has 98 valence electrons. The van der Waals surface area contributed by atoms with Crippen LogP contribution in [0.3, 0.4) is 0 Å². The van der Waals surface area contributed by atoms with Gasteiger partial charge in [0, 0.05) is 0 Å². The molecule has 1 aliphatic rings. The Morgan fingerprint density at radius 2 is 1.94 bits per heavy atom. The van der Waals surface area contributed by atoms with Gasteiger partial charge in [0.2, 0.25) is 0 Å². The van der Waals surface area contributed by atoms with Gasteiger partial charge in [0.1, 0.15) is 19.0 Å². The van der Waals surface area contributed by atoms with E-state index in [9.17, 15) is 4.79 Å². The van der Waals surface area contributed by atoms with Crippen LogP contribution >= 0.6 is 0 Å². The molecule has 0 aliphatic carbocycles. The lowest BCUT2D eigenvalue weighted by Gasteiger charge is -2.19. The molecule has 1 unspecified atom stereocenters. The van der Waals surface area contributed by atoms with Crippen molar-refractivity contribution in [1.82, 2.24) is 0 Å². The highest BCUT2D eigenvalue weighted by molar-refractivity contribution is 5.61. The number of hydrogen-bond donors (Lipinski definition) is 0. The molecule has 1 fully saturated rings. The van der Waals surface area contributed by atoms with Gasteiger partial charge in [-0.05, 0) is 23.1 Å². The average molecular weight is 250 g/mol. The van der Waals surface area contributed by atoms with Crippen LogP contribution in [0.25, 0.3) is 0 Å². The van der Waals surface area contributed by atoms with E-state index >= 15 is 0 Å². The molecule has 0 N–H and O–H groups in total. The van der Waals surface area contributed by atoms with Gasteiger partial charge in [-0.2, -0.15) is 0 Å². The lowest BCUT2D eigenvalue weighted by molar-refractivity contribution is 0.0983. The third-order valence-electron chi connectivity index (χ3n) is 2.81. The SMILES string of the molecule is CC(C)(C)c1ccc(OCC2COC(=O)O2)cc1. The van der Waals surface area contributed by atoms with E-state index in [2.05, 4.69) is 25.5 Å². The van der Waals surface area contributed by atoms with Crippen LogP contribution in [0.4, 0.5) is 4.79 Å². The third-order valence-corrected chi connectivity index (χ3v) is 2.81. The van der Waals surface area contributed by atoms with Crippen molar-refractivity contribution in [2.24, 2.45) is 0 Å². The predicted molar refractivity (Wildman–Crippen MR) is 66.9 cm³/mol. The second kappa shape index (κ2) is 4.88. The molecule has 0 aromatic heterocycles. The van der Waals surface area contributed by atoms with Crippen molar-refractivity contribution in [1.29, 1.82) is 0 Å². The number of carbonyl (C=O) groups excluding carboxylic acids is 1. The summed E-state index contributed by atoms with van der Waals surface area (Å²) in [6.45, 7) is 7.08. The number of hydrogen-bond acceptors (Lipinski definition) is 4. The van der Waals surface area contributed by atoms with Crippen molar-refractivity contribution >= 4 is 6.16 Å². The summed E-state index contributed by atoms with van der Waals surface area (Å²) in [5, 5.41) is 0. The zero-order valence-corrected chi connectivity index (χ0v) is 10.9. The molecule has 1 atom stereocenters. The Kier molecular flexibility index (Phi) is 3.45. The smallest absolute Gasteiger partial charge is 0.490 e. The first-order valence-corrected chi connectivity index (χ1v) is 6.02. The van der Waals surface area contributed by atoms with E-state index in [0.29, 0.717) is 6.61 Å². The molecule has 4 nitrogen and oxygen atoms in total. The molecular weight excluding hydrogens is 232 g/mol. The normalized spacial score (nSPS) is 19.3. The van der Waals surface area contributed by atoms with Crippen molar-refractivity contribution in [3.8, 4) is 5.75 Å². The maximum Gasteiger partial charge on any atom is 0.508 e. The van der Waals surface area contributed by atoms with Crippen LogP contribution in [0, 0.1) is 0 Å². The molecule has 1 aromatic carbocycles. The Bertz CT molecular complexity index is 416. The summed E-state index contributed by atoms with van der Waals surface area (Å²) in [5.74, 6) is 0.769. The summed E-state index contributed by atoms with van der Waals surface area (Å²) in [7, 11) is 0. The van der Waals surface area contributed by atoms with Gasteiger partial charge in [-0.15, -0.1) is 0 Å². The zero-order valence-electron chi connectivity index (χ0n) is 10.9. The molecular formula is C14H18O4. The van der Waals surface area contributed by atoms with Crippen molar-refractivity contribution < 1.29 is 19.0 Å². The lowest BCUT2D eigenvalue weighted by Crippen LogP contribution is -2.20. The maximum absolute atomic E-state index is 10.7. The van der Waals surface area contributed by atoms with Gasteiger partial charge in [0.15, 0.2) is 6.10 Å². The van der Waals surface area contributed by atoms with Gasteiger partial charge in [-0.25, -0.2) is 4.79 Å². The van der Waals surface area contributed by atoms with Crippen LogP contribution < -0.4 is 4.74 Å². The average Bonchev–Trinajstić information content (AvgIpc) is 2.72. The summed E-state index contributed by atoms with van der Waals surface area (Å²) >= 11 is 0. The molecule has 0 spiro atoms. The summed E-state index contributed by atoms with van der Waals surface area (Å²) in [4.78, 5) is 10.7. The first-order chi connectivity index (χ1) is 8.45. The zero-order chi connectivity index (χ0) is 13.2. The summed E-state index contributed by atoms with van der Waals surface area (Å²) < 4.78 is 15.1. The summed E-state index contributed by atoms with van der Waals surface area (Å²) in [6, 6.07) is 7.95. The van der Waals surface area contributed by atoms with Crippen molar-refractivity contribution in [3.05, 3.63) is 29.8 Å². The maximum atomic E-state index is 10.7. The minimum atomic E-state index is -0.619. The molecule has 0 bridgehead atoms. The van der Waals surface area contributed by atoms with E-state index in [-0.39, 0.29) is 18.1 Å². The minimum Gasteiger partial charge on any atom is -0.490 e. The lowest BCUT2D eigenvalue weighted by atomic mass is 9.87. The fraction of sp³-hybridized carbons (Fsp3) is 0.500. The largest absolute Gasteiger partial charge is 0.508 e. The van der Waals surface area contributed by atoms with Gasteiger partial charge in [0.25, 0.3) is 0 Å². The number of benzene rings is 1. The van der Waals surface area contributed by atoms with E-state index in [1.165, 1.54) is 5.56 Å². The van der Waals surface area contributed by atoms with E-state index in [1.54, 1.807) is 0 Å². The summed E-state index contributed by atoms with van der Waals surface area (Å²) in [5.41, 5.74) is 1.39. The van der Waals surface area contributed by atoms with E-state index in [1.807, 2.05) is 24.3 Å². The second-order valence-electron chi connectivity index (χ2n) is 5.39. The van der Waals surface area contributed by atoms with Gasteiger partial charge in [0.05, 0.1) is 0 Å². The Labute approximate surface area is 107 Å². The Hall–Kier alpha value is -1.71. The quantitative estimate of drug-likeness (QED) is 0.774. The molecule has 0 saturated carbocycles. The number of cyclic esters (lactones) is 2. The van der Waals surface area contributed by atoms with E-state index < -0.39 is 6.16 Å². The molecule has 0 amide bonds. The van der Waals surface area contributed by atoms with Crippen LogP contribution in [0.15, 0.2) is 24.3 Å². The third kappa shape index (κ3) is 3.15. The molecule has 18 heavy (non-hydrogen) atoms. The van der Waals surface area contributed by atoms with Crippen LogP contribution in [-0.2, 0) is 14.9 Å². The Morgan fingerprint density at radius 3 is 2.44 bits per heavy atom.